The molecule has 1 aliphatic heterocycles. The number of hydrogen-bond donors (Lipinski definition) is 2. The van der Waals surface area contributed by atoms with Crippen molar-refractivity contribution in [2.45, 2.75) is 38.1 Å². The number of guanidine groups is 1. The molecule has 2 N–H and O–H groups in total. The first-order valence-electron chi connectivity index (χ1n) is 9.41. The Morgan fingerprint density at radius 3 is 2.46 bits per heavy atom. The zero-order valence-electron chi connectivity index (χ0n) is 15.8. The highest BCUT2D eigenvalue weighted by Gasteiger charge is 2.34. The number of hydrogen-bond acceptors (Lipinski definition) is 3. The van der Waals surface area contributed by atoms with Gasteiger partial charge in [0.05, 0.1) is 6.54 Å². The molecule has 4 nitrogen and oxygen atoms in total. The van der Waals surface area contributed by atoms with Crippen LogP contribution in [0.3, 0.4) is 0 Å². The molecule has 1 aromatic heterocycles. The maximum absolute atomic E-state index is 5.63. The van der Waals surface area contributed by atoms with Crippen molar-refractivity contribution in [3.05, 3.63) is 57.8 Å². The van der Waals surface area contributed by atoms with Gasteiger partial charge in [-0.05, 0) is 37.0 Å². The standard InChI is InChI=1S/C21H29N3OS/c1-3-18-9-10-19(26-18)15-23-20(22-2)24-16-21(11-13-25-14-12-21)17-7-5-4-6-8-17/h4-10H,3,11-16H2,1-2H3,(H2,22,23,24). The highest BCUT2D eigenvalue weighted by atomic mass is 32.1. The van der Waals surface area contributed by atoms with Gasteiger partial charge in [-0.1, -0.05) is 37.3 Å². The van der Waals surface area contributed by atoms with Gasteiger partial charge in [0, 0.05) is 42.0 Å². The summed E-state index contributed by atoms with van der Waals surface area (Å²) < 4.78 is 5.63. The van der Waals surface area contributed by atoms with Crippen LogP contribution in [0.2, 0.25) is 0 Å². The number of nitrogens with zero attached hydrogens (tertiary/aromatic N) is 1. The van der Waals surface area contributed by atoms with Crippen LogP contribution in [0.15, 0.2) is 47.5 Å². The Balaban J connectivity index is 1.61. The lowest BCUT2D eigenvalue weighted by atomic mass is 9.74. The predicted molar refractivity (Wildman–Crippen MR) is 110 cm³/mol. The quantitative estimate of drug-likeness (QED) is 0.601. The molecule has 3 rings (SSSR count). The van der Waals surface area contributed by atoms with Gasteiger partial charge in [0.25, 0.3) is 0 Å². The number of nitrogens with one attached hydrogen (secondary N) is 2. The number of benzene rings is 1. The first-order valence-corrected chi connectivity index (χ1v) is 10.2. The van der Waals surface area contributed by atoms with E-state index >= 15 is 0 Å². The van der Waals surface area contributed by atoms with E-state index in [1.807, 2.05) is 18.4 Å². The Morgan fingerprint density at radius 2 is 1.81 bits per heavy atom. The Hall–Kier alpha value is -1.85. The molecule has 1 fully saturated rings. The Kier molecular flexibility index (Phi) is 6.69. The predicted octanol–water partition coefficient (Wildman–Crippen LogP) is 3.72. The summed E-state index contributed by atoms with van der Waals surface area (Å²) in [5.74, 6) is 0.859. The molecular formula is C21H29N3OS. The summed E-state index contributed by atoms with van der Waals surface area (Å²) in [6, 6.07) is 15.2. The second-order valence-electron chi connectivity index (χ2n) is 6.76. The molecule has 0 amide bonds. The fourth-order valence-corrected chi connectivity index (χ4v) is 4.37. The van der Waals surface area contributed by atoms with E-state index in [1.165, 1.54) is 15.3 Å². The fraction of sp³-hybridized carbons (Fsp3) is 0.476. The molecule has 1 saturated heterocycles. The average molecular weight is 372 g/mol. The highest BCUT2D eigenvalue weighted by molar-refractivity contribution is 7.11. The molecule has 0 saturated carbocycles. The van der Waals surface area contributed by atoms with Gasteiger partial charge in [-0.25, -0.2) is 0 Å². The molecule has 1 aromatic carbocycles. The molecule has 0 unspecified atom stereocenters. The smallest absolute Gasteiger partial charge is 0.191 e. The van der Waals surface area contributed by atoms with E-state index in [1.54, 1.807) is 0 Å². The van der Waals surface area contributed by atoms with Gasteiger partial charge >= 0.3 is 0 Å². The zero-order valence-corrected chi connectivity index (χ0v) is 16.6. The van der Waals surface area contributed by atoms with Crippen molar-refractivity contribution in [2.75, 3.05) is 26.8 Å². The molecule has 2 heterocycles. The zero-order chi connectivity index (χ0) is 18.2. The fourth-order valence-electron chi connectivity index (χ4n) is 3.47. The third-order valence-corrected chi connectivity index (χ3v) is 6.38. The van der Waals surface area contributed by atoms with Crippen molar-refractivity contribution in [2.24, 2.45) is 4.99 Å². The minimum atomic E-state index is 0.107. The van der Waals surface area contributed by atoms with Crippen molar-refractivity contribution in [3.63, 3.8) is 0 Å². The van der Waals surface area contributed by atoms with Crippen molar-refractivity contribution >= 4 is 17.3 Å². The van der Waals surface area contributed by atoms with Gasteiger partial charge in [-0.3, -0.25) is 4.99 Å². The molecule has 0 bridgehead atoms. The summed E-state index contributed by atoms with van der Waals surface area (Å²) in [4.78, 5) is 7.17. The molecule has 2 aromatic rings. The van der Waals surface area contributed by atoms with Gasteiger partial charge in [0.2, 0.25) is 0 Å². The normalized spacial score (nSPS) is 17.1. The number of thiophene rings is 1. The molecule has 0 atom stereocenters. The van der Waals surface area contributed by atoms with E-state index in [4.69, 9.17) is 4.74 Å². The van der Waals surface area contributed by atoms with Crippen LogP contribution < -0.4 is 10.6 Å². The number of aryl methyl sites for hydroxylation is 1. The summed E-state index contributed by atoms with van der Waals surface area (Å²) in [6.07, 6.45) is 3.16. The topological polar surface area (TPSA) is 45.7 Å². The number of aliphatic imine (C=N–C) groups is 1. The molecule has 5 heteroatoms. The lowest BCUT2D eigenvalue weighted by molar-refractivity contribution is 0.0514. The van der Waals surface area contributed by atoms with Gasteiger partial charge in [0.1, 0.15) is 0 Å². The third-order valence-electron chi connectivity index (χ3n) is 5.15. The Labute approximate surface area is 160 Å². The minimum absolute atomic E-state index is 0.107. The van der Waals surface area contributed by atoms with Crippen molar-refractivity contribution < 1.29 is 4.74 Å². The van der Waals surface area contributed by atoms with Gasteiger partial charge < -0.3 is 15.4 Å². The van der Waals surface area contributed by atoms with Gasteiger partial charge in [0.15, 0.2) is 5.96 Å². The van der Waals surface area contributed by atoms with Gasteiger partial charge in [-0.2, -0.15) is 0 Å². The molecule has 0 aliphatic carbocycles. The van der Waals surface area contributed by atoms with E-state index in [2.05, 4.69) is 65.0 Å². The minimum Gasteiger partial charge on any atom is -0.381 e. The molecule has 26 heavy (non-hydrogen) atoms. The summed E-state index contributed by atoms with van der Waals surface area (Å²) in [7, 11) is 1.83. The van der Waals surface area contributed by atoms with Crippen molar-refractivity contribution in [1.29, 1.82) is 0 Å². The Morgan fingerprint density at radius 1 is 1.08 bits per heavy atom. The molecule has 0 radical (unpaired) electrons. The van der Waals surface area contributed by atoms with Crippen molar-refractivity contribution in [3.8, 4) is 0 Å². The van der Waals surface area contributed by atoms with Gasteiger partial charge in [-0.15, -0.1) is 11.3 Å². The molecule has 1 aliphatic rings. The Bertz CT molecular complexity index is 705. The summed E-state index contributed by atoms with van der Waals surface area (Å²) in [5.41, 5.74) is 1.49. The summed E-state index contributed by atoms with van der Waals surface area (Å²) in [6.45, 7) is 5.51. The van der Waals surface area contributed by atoms with Crippen LogP contribution in [0.4, 0.5) is 0 Å². The van der Waals surface area contributed by atoms with Crippen LogP contribution in [-0.2, 0) is 23.1 Å². The second-order valence-corrected chi connectivity index (χ2v) is 8.01. The molecular weight excluding hydrogens is 342 g/mol. The lowest BCUT2D eigenvalue weighted by Gasteiger charge is -2.38. The van der Waals surface area contributed by atoms with Crippen LogP contribution in [0.5, 0.6) is 0 Å². The van der Waals surface area contributed by atoms with Crippen LogP contribution in [0, 0.1) is 0 Å². The maximum atomic E-state index is 5.63. The lowest BCUT2D eigenvalue weighted by Crippen LogP contribution is -2.47. The average Bonchev–Trinajstić information content (AvgIpc) is 3.18. The summed E-state index contributed by atoms with van der Waals surface area (Å²) in [5, 5.41) is 7.01. The summed E-state index contributed by atoms with van der Waals surface area (Å²) >= 11 is 1.87. The molecule has 0 spiro atoms. The third kappa shape index (κ3) is 4.65. The van der Waals surface area contributed by atoms with E-state index < -0.39 is 0 Å². The van der Waals surface area contributed by atoms with Crippen LogP contribution in [0.1, 0.15) is 35.1 Å². The van der Waals surface area contributed by atoms with E-state index in [0.717, 1.165) is 51.5 Å². The van der Waals surface area contributed by atoms with Crippen LogP contribution in [0.25, 0.3) is 0 Å². The largest absolute Gasteiger partial charge is 0.381 e. The van der Waals surface area contributed by atoms with E-state index in [0.29, 0.717) is 0 Å². The van der Waals surface area contributed by atoms with Crippen LogP contribution in [-0.4, -0.2) is 32.8 Å². The highest BCUT2D eigenvalue weighted by Crippen LogP contribution is 2.34. The van der Waals surface area contributed by atoms with E-state index in [9.17, 15) is 0 Å². The SMILES string of the molecule is CCc1ccc(CNC(=NC)NCC2(c3ccccc3)CCOCC2)s1. The second kappa shape index (κ2) is 9.19. The monoisotopic (exact) mass is 371 g/mol. The first kappa shape index (κ1) is 18.9. The van der Waals surface area contributed by atoms with E-state index in [-0.39, 0.29) is 5.41 Å². The van der Waals surface area contributed by atoms with Crippen molar-refractivity contribution in [1.82, 2.24) is 10.6 Å². The number of rotatable bonds is 6. The first-order chi connectivity index (χ1) is 12.8. The number of ether oxygens (including phenoxy) is 1. The van der Waals surface area contributed by atoms with Crippen LogP contribution >= 0.6 is 11.3 Å². The maximum Gasteiger partial charge on any atom is 0.191 e. The molecule has 140 valence electrons.